The van der Waals surface area contributed by atoms with Crippen molar-refractivity contribution < 1.29 is 9.47 Å². The lowest BCUT2D eigenvalue weighted by molar-refractivity contribution is 0.392. The Bertz CT molecular complexity index is 836. The highest BCUT2D eigenvalue weighted by atomic mass is 16.5. The molecule has 0 aliphatic heterocycles. The molecule has 2 aromatic carbocycles. The zero-order valence-corrected chi connectivity index (χ0v) is 15.3. The second-order valence-corrected chi connectivity index (χ2v) is 6.01. The number of hydrogen-bond donors (Lipinski definition) is 1. The van der Waals surface area contributed by atoms with E-state index in [4.69, 9.17) is 9.47 Å². The predicted molar refractivity (Wildman–Crippen MR) is 102 cm³/mol. The minimum Gasteiger partial charge on any atom is -0.496 e. The fourth-order valence-electron chi connectivity index (χ4n) is 2.77. The summed E-state index contributed by atoms with van der Waals surface area (Å²) >= 11 is 0. The fraction of sp³-hybridized carbons (Fsp3) is 0.238. The molecule has 3 rings (SSSR count). The first kappa shape index (κ1) is 17.9. The summed E-state index contributed by atoms with van der Waals surface area (Å²) in [6.45, 7) is 2.91. The van der Waals surface area contributed by atoms with Crippen molar-refractivity contribution in [1.29, 1.82) is 0 Å². The summed E-state index contributed by atoms with van der Waals surface area (Å²) in [5.74, 6) is 1.26. The maximum atomic E-state index is 5.49. The summed E-state index contributed by atoms with van der Waals surface area (Å²) in [4.78, 5) is 0. The number of hydrogen-bond acceptors (Lipinski definition) is 5. The number of aromatic nitrogens is 2. The van der Waals surface area contributed by atoms with Crippen molar-refractivity contribution in [3.8, 4) is 22.9 Å². The van der Waals surface area contributed by atoms with Crippen LogP contribution in [0.2, 0.25) is 0 Å². The number of methoxy groups -OCH3 is 2. The van der Waals surface area contributed by atoms with Crippen LogP contribution in [-0.4, -0.2) is 24.4 Å². The van der Waals surface area contributed by atoms with E-state index in [1.54, 1.807) is 20.3 Å². The molecule has 1 N–H and O–H groups in total. The van der Waals surface area contributed by atoms with E-state index in [1.165, 1.54) is 5.56 Å². The van der Waals surface area contributed by atoms with Gasteiger partial charge in [-0.3, -0.25) is 0 Å². The summed E-state index contributed by atoms with van der Waals surface area (Å²) in [5.41, 5.74) is 4.08. The van der Waals surface area contributed by atoms with E-state index in [1.807, 2.05) is 18.2 Å². The van der Waals surface area contributed by atoms with Crippen molar-refractivity contribution in [3.05, 3.63) is 71.8 Å². The second-order valence-electron chi connectivity index (χ2n) is 6.01. The Balaban J connectivity index is 1.78. The Labute approximate surface area is 154 Å². The molecular weight excluding hydrogens is 326 g/mol. The Kier molecular flexibility index (Phi) is 5.81. The molecule has 134 valence electrons. The largest absolute Gasteiger partial charge is 0.496 e. The van der Waals surface area contributed by atoms with E-state index in [0.717, 1.165) is 29.1 Å². The van der Waals surface area contributed by atoms with Gasteiger partial charge in [-0.2, -0.15) is 0 Å². The number of benzene rings is 2. The first-order valence-electron chi connectivity index (χ1n) is 8.54. The lowest BCUT2D eigenvalue weighted by Gasteiger charge is -2.15. The number of ether oxygens (including phenoxy) is 2. The first-order valence-corrected chi connectivity index (χ1v) is 8.54. The van der Waals surface area contributed by atoms with Crippen molar-refractivity contribution >= 4 is 0 Å². The van der Waals surface area contributed by atoms with Gasteiger partial charge in [-0.05, 0) is 36.2 Å². The van der Waals surface area contributed by atoms with Crippen LogP contribution in [-0.2, 0) is 6.54 Å². The Morgan fingerprint density at radius 3 is 2.38 bits per heavy atom. The predicted octanol–water partition coefficient (Wildman–Crippen LogP) is 4.01. The number of rotatable bonds is 7. The molecule has 0 saturated carbocycles. The molecule has 0 spiro atoms. The molecule has 0 fully saturated rings. The van der Waals surface area contributed by atoms with Gasteiger partial charge in [0.05, 0.1) is 19.9 Å². The Morgan fingerprint density at radius 1 is 0.923 bits per heavy atom. The highest BCUT2D eigenvalue weighted by Crippen LogP contribution is 2.30. The topological polar surface area (TPSA) is 56.3 Å². The number of nitrogens with one attached hydrogen (secondary N) is 1. The molecule has 0 radical (unpaired) electrons. The van der Waals surface area contributed by atoms with Crippen molar-refractivity contribution in [2.45, 2.75) is 19.5 Å². The quantitative estimate of drug-likeness (QED) is 0.698. The van der Waals surface area contributed by atoms with Crippen LogP contribution in [0, 0.1) is 0 Å². The van der Waals surface area contributed by atoms with E-state index in [9.17, 15) is 0 Å². The van der Waals surface area contributed by atoms with Gasteiger partial charge >= 0.3 is 0 Å². The third-order valence-corrected chi connectivity index (χ3v) is 4.30. The molecule has 0 amide bonds. The smallest absolute Gasteiger partial charge is 0.233 e. The van der Waals surface area contributed by atoms with E-state index in [0.29, 0.717) is 5.88 Å². The number of nitrogens with zero attached hydrogens (tertiary/aromatic N) is 2. The maximum absolute atomic E-state index is 5.49. The average Bonchev–Trinajstić information content (AvgIpc) is 2.72. The lowest BCUT2D eigenvalue weighted by Crippen LogP contribution is -2.18. The molecule has 0 bridgehead atoms. The Morgan fingerprint density at radius 2 is 1.73 bits per heavy atom. The highest BCUT2D eigenvalue weighted by molar-refractivity contribution is 5.67. The summed E-state index contributed by atoms with van der Waals surface area (Å²) in [5, 5.41) is 11.8. The minimum absolute atomic E-state index is 0.266. The van der Waals surface area contributed by atoms with Gasteiger partial charge in [0.2, 0.25) is 5.88 Å². The zero-order valence-electron chi connectivity index (χ0n) is 15.3. The van der Waals surface area contributed by atoms with Crippen LogP contribution in [0.3, 0.4) is 0 Å². The van der Waals surface area contributed by atoms with Gasteiger partial charge < -0.3 is 14.8 Å². The molecule has 26 heavy (non-hydrogen) atoms. The standard InChI is InChI=1S/C21H23N3O2/c1-15(17-7-5-4-6-8-17)22-14-16-9-11-20(25-2)18(13-16)19-10-12-21(26-3)24-23-19/h4-13,15,22H,14H2,1-3H3/t15-/m1/s1. The summed E-state index contributed by atoms with van der Waals surface area (Å²) in [7, 11) is 3.23. The van der Waals surface area contributed by atoms with E-state index in [-0.39, 0.29) is 6.04 Å². The van der Waals surface area contributed by atoms with Crippen LogP contribution >= 0.6 is 0 Å². The summed E-state index contributed by atoms with van der Waals surface area (Å²) < 4.78 is 10.6. The van der Waals surface area contributed by atoms with Gasteiger partial charge in [0.25, 0.3) is 0 Å². The maximum Gasteiger partial charge on any atom is 0.233 e. The third-order valence-electron chi connectivity index (χ3n) is 4.30. The average molecular weight is 349 g/mol. The SMILES string of the molecule is COc1ccc(-c2cc(CN[C@H](C)c3ccccc3)ccc2OC)nn1. The fourth-order valence-corrected chi connectivity index (χ4v) is 2.77. The molecule has 0 aliphatic carbocycles. The molecule has 1 heterocycles. The molecule has 0 aliphatic rings. The summed E-state index contributed by atoms with van der Waals surface area (Å²) in [6, 6.07) is 20.5. The normalized spacial score (nSPS) is 11.8. The minimum atomic E-state index is 0.266. The van der Waals surface area contributed by atoms with Crippen LogP contribution in [0.1, 0.15) is 24.1 Å². The molecule has 1 aromatic heterocycles. The van der Waals surface area contributed by atoms with Crippen molar-refractivity contribution in [2.75, 3.05) is 14.2 Å². The molecule has 0 saturated heterocycles. The first-order chi connectivity index (χ1) is 12.7. The van der Waals surface area contributed by atoms with E-state index >= 15 is 0 Å². The van der Waals surface area contributed by atoms with Gasteiger partial charge in [-0.25, -0.2) is 0 Å². The Hall–Kier alpha value is -2.92. The molecule has 1 atom stereocenters. The van der Waals surface area contributed by atoms with Crippen molar-refractivity contribution in [1.82, 2.24) is 15.5 Å². The molecule has 5 nitrogen and oxygen atoms in total. The van der Waals surface area contributed by atoms with Crippen LogP contribution in [0.5, 0.6) is 11.6 Å². The summed E-state index contributed by atoms with van der Waals surface area (Å²) in [6.07, 6.45) is 0. The van der Waals surface area contributed by atoms with Gasteiger partial charge in [0, 0.05) is 24.2 Å². The van der Waals surface area contributed by atoms with Crippen LogP contribution in [0.25, 0.3) is 11.3 Å². The van der Waals surface area contributed by atoms with E-state index < -0.39 is 0 Å². The van der Waals surface area contributed by atoms with Crippen LogP contribution in [0.4, 0.5) is 0 Å². The van der Waals surface area contributed by atoms with E-state index in [2.05, 4.69) is 58.8 Å². The molecule has 3 aromatic rings. The third kappa shape index (κ3) is 4.18. The molecule has 0 unspecified atom stereocenters. The monoisotopic (exact) mass is 349 g/mol. The van der Waals surface area contributed by atoms with Crippen LogP contribution < -0.4 is 14.8 Å². The van der Waals surface area contributed by atoms with Crippen LogP contribution in [0.15, 0.2) is 60.7 Å². The molecule has 5 heteroatoms. The van der Waals surface area contributed by atoms with Gasteiger partial charge in [-0.15, -0.1) is 10.2 Å². The highest BCUT2D eigenvalue weighted by Gasteiger charge is 2.11. The van der Waals surface area contributed by atoms with Crippen molar-refractivity contribution in [2.24, 2.45) is 0 Å². The zero-order chi connectivity index (χ0) is 18.4. The second kappa shape index (κ2) is 8.45. The lowest BCUT2D eigenvalue weighted by atomic mass is 10.0. The van der Waals surface area contributed by atoms with Crippen molar-refractivity contribution in [3.63, 3.8) is 0 Å². The van der Waals surface area contributed by atoms with Gasteiger partial charge in [0.1, 0.15) is 5.75 Å². The van der Waals surface area contributed by atoms with Gasteiger partial charge in [-0.1, -0.05) is 36.4 Å². The van der Waals surface area contributed by atoms with Gasteiger partial charge in [0.15, 0.2) is 0 Å². The molecular formula is C21H23N3O2.